The minimum Gasteiger partial charge on any atom is -0.354 e. The van der Waals surface area contributed by atoms with E-state index in [1.807, 2.05) is 13.8 Å². The molecule has 1 rings (SSSR count). The lowest BCUT2D eigenvalue weighted by Crippen LogP contribution is -2.41. The second kappa shape index (κ2) is 7.24. The number of hydrogen-bond acceptors (Lipinski definition) is 3. The maximum Gasteiger partial charge on any atom is 0.221 e. The van der Waals surface area contributed by atoms with Crippen LogP contribution in [0.25, 0.3) is 0 Å². The molecule has 1 N–H and O–H groups in total. The summed E-state index contributed by atoms with van der Waals surface area (Å²) in [7, 11) is -3.22. The fraction of sp³-hybridized carbons (Fsp3) is 0.923. The third kappa shape index (κ3) is 5.48. The van der Waals surface area contributed by atoms with Gasteiger partial charge in [0.1, 0.15) is 0 Å². The van der Waals surface area contributed by atoms with Gasteiger partial charge in [-0.3, -0.25) is 4.79 Å². The molecule has 0 spiro atoms. The van der Waals surface area contributed by atoms with Crippen LogP contribution >= 0.6 is 0 Å². The SMILES string of the molecule is CCC(C)NC(=O)CCN(C1CCCC1)S(C)(=O)=O. The Hall–Kier alpha value is -0.620. The average Bonchev–Trinajstić information content (AvgIpc) is 2.80. The van der Waals surface area contributed by atoms with E-state index in [0.717, 1.165) is 32.1 Å². The highest BCUT2D eigenvalue weighted by Gasteiger charge is 2.29. The van der Waals surface area contributed by atoms with Gasteiger partial charge >= 0.3 is 0 Å². The molecule has 1 saturated carbocycles. The molecule has 5 nitrogen and oxygen atoms in total. The Labute approximate surface area is 116 Å². The van der Waals surface area contributed by atoms with E-state index in [1.165, 1.54) is 10.6 Å². The predicted molar refractivity (Wildman–Crippen MR) is 76.3 cm³/mol. The quantitative estimate of drug-likeness (QED) is 0.772. The third-order valence-corrected chi connectivity index (χ3v) is 5.07. The van der Waals surface area contributed by atoms with E-state index in [0.29, 0.717) is 6.54 Å². The van der Waals surface area contributed by atoms with E-state index in [1.54, 1.807) is 0 Å². The van der Waals surface area contributed by atoms with Crippen molar-refractivity contribution < 1.29 is 13.2 Å². The van der Waals surface area contributed by atoms with Crippen molar-refractivity contribution in [3.05, 3.63) is 0 Å². The third-order valence-electron chi connectivity index (χ3n) is 3.74. The fourth-order valence-corrected chi connectivity index (χ4v) is 3.65. The maximum absolute atomic E-state index is 11.8. The Kier molecular flexibility index (Phi) is 6.26. The maximum atomic E-state index is 11.8. The first-order chi connectivity index (χ1) is 8.84. The van der Waals surface area contributed by atoms with Crippen molar-refractivity contribution in [2.75, 3.05) is 12.8 Å². The van der Waals surface area contributed by atoms with Crippen molar-refractivity contribution in [1.29, 1.82) is 0 Å². The summed E-state index contributed by atoms with van der Waals surface area (Å²) in [4.78, 5) is 11.7. The van der Waals surface area contributed by atoms with Gasteiger partial charge in [0.15, 0.2) is 0 Å². The normalized spacial score (nSPS) is 18.7. The van der Waals surface area contributed by atoms with Gasteiger partial charge in [-0.25, -0.2) is 8.42 Å². The van der Waals surface area contributed by atoms with Crippen molar-refractivity contribution in [2.24, 2.45) is 0 Å². The van der Waals surface area contributed by atoms with Crippen molar-refractivity contribution in [3.8, 4) is 0 Å². The summed E-state index contributed by atoms with van der Waals surface area (Å²) in [5.41, 5.74) is 0. The largest absolute Gasteiger partial charge is 0.354 e. The molecule has 112 valence electrons. The summed E-state index contributed by atoms with van der Waals surface area (Å²) in [6.07, 6.45) is 6.35. The topological polar surface area (TPSA) is 66.5 Å². The van der Waals surface area contributed by atoms with E-state index in [9.17, 15) is 13.2 Å². The van der Waals surface area contributed by atoms with Gasteiger partial charge in [0, 0.05) is 25.0 Å². The van der Waals surface area contributed by atoms with Gasteiger partial charge in [-0.2, -0.15) is 4.31 Å². The van der Waals surface area contributed by atoms with E-state index in [-0.39, 0.29) is 24.4 Å². The molecule has 1 amide bonds. The van der Waals surface area contributed by atoms with Crippen LogP contribution in [-0.2, 0) is 14.8 Å². The van der Waals surface area contributed by atoms with Gasteiger partial charge in [-0.1, -0.05) is 19.8 Å². The fourth-order valence-electron chi connectivity index (χ4n) is 2.47. The van der Waals surface area contributed by atoms with Gasteiger partial charge in [0.25, 0.3) is 0 Å². The van der Waals surface area contributed by atoms with Crippen LogP contribution in [0.2, 0.25) is 0 Å². The predicted octanol–water partition coefficient (Wildman–Crippen LogP) is 1.50. The second-order valence-corrected chi connectivity index (χ2v) is 7.37. The second-order valence-electron chi connectivity index (χ2n) is 5.44. The minimum absolute atomic E-state index is 0.0685. The first-order valence-corrected chi connectivity index (χ1v) is 8.95. The van der Waals surface area contributed by atoms with E-state index < -0.39 is 10.0 Å². The van der Waals surface area contributed by atoms with Crippen molar-refractivity contribution in [1.82, 2.24) is 9.62 Å². The Morgan fingerprint density at radius 1 is 1.37 bits per heavy atom. The van der Waals surface area contributed by atoms with Crippen molar-refractivity contribution >= 4 is 15.9 Å². The Morgan fingerprint density at radius 3 is 2.42 bits per heavy atom. The first kappa shape index (κ1) is 16.4. The molecule has 0 aliphatic heterocycles. The zero-order valence-corrected chi connectivity index (χ0v) is 13.0. The van der Waals surface area contributed by atoms with Gasteiger partial charge in [0.2, 0.25) is 15.9 Å². The smallest absolute Gasteiger partial charge is 0.221 e. The summed E-state index contributed by atoms with van der Waals surface area (Å²) < 4.78 is 25.1. The number of hydrogen-bond donors (Lipinski definition) is 1. The number of carbonyl (C=O) groups is 1. The molecular formula is C13H26N2O3S. The highest BCUT2D eigenvalue weighted by Crippen LogP contribution is 2.25. The number of carbonyl (C=O) groups excluding carboxylic acids is 1. The number of nitrogens with zero attached hydrogens (tertiary/aromatic N) is 1. The zero-order chi connectivity index (χ0) is 14.5. The van der Waals surface area contributed by atoms with Crippen LogP contribution in [0.15, 0.2) is 0 Å². The van der Waals surface area contributed by atoms with Crippen LogP contribution in [0.3, 0.4) is 0 Å². The highest BCUT2D eigenvalue weighted by atomic mass is 32.2. The average molecular weight is 290 g/mol. The number of nitrogens with one attached hydrogen (secondary N) is 1. The van der Waals surface area contributed by atoms with Gasteiger partial charge in [0.05, 0.1) is 6.26 Å². The molecule has 1 fully saturated rings. The summed E-state index contributed by atoms with van der Waals surface area (Å²) in [6, 6.07) is 0.233. The molecule has 0 radical (unpaired) electrons. The molecule has 0 heterocycles. The molecular weight excluding hydrogens is 264 g/mol. The molecule has 0 bridgehead atoms. The van der Waals surface area contributed by atoms with Crippen LogP contribution in [0.5, 0.6) is 0 Å². The number of rotatable bonds is 7. The van der Waals surface area contributed by atoms with Crippen LogP contribution < -0.4 is 5.32 Å². The standard InChI is InChI=1S/C13H26N2O3S/c1-4-11(2)14-13(16)9-10-15(19(3,17)18)12-7-5-6-8-12/h11-12H,4-10H2,1-3H3,(H,14,16). The molecule has 0 aromatic carbocycles. The first-order valence-electron chi connectivity index (χ1n) is 7.10. The lowest BCUT2D eigenvalue weighted by molar-refractivity contribution is -0.121. The Bertz CT molecular complexity index is 389. The van der Waals surface area contributed by atoms with Gasteiger partial charge in [-0.15, -0.1) is 0 Å². The van der Waals surface area contributed by atoms with Crippen molar-refractivity contribution in [3.63, 3.8) is 0 Å². The molecule has 1 aliphatic rings. The summed E-state index contributed by atoms with van der Waals surface area (Å²) in [5, 5.41) is 2.87. The van der Waals surface area contributed by atoms with Crippen LogP contribution in [0.4, 0.5) is 0 Å². The molecule has 1 aliphatic carbocycles. The molecule has 1 unspecified atom stereocenters. The molecule has 19 heavy (non-hydrogen) atoms. The monoisotopic (exact) mass is 290 g/mol. The molecule has 1 atom stereocenters. The van der Waals surface area contributed by atoms with Crippen LogP contribution in [0.1, 0.15) is 52.4 Å². The van der Waals surface area contributed by atoms with Gasteiger partial charge < -0.3 is 5.32 Å². The lowest BCUT2D eigenvalue weighted by atomic mass is 10.2. The number of amides is 1. The highest BCUT2D eigenvalue weighted by molar-refractivity contribution is 7.88. The molecule has 0 saturated heterocycles. The van der Waals surface area contributed by atoms with E-state index >= 15 is 0 Å². The molecule has 0 aromatic heterocycles. The zero-order valence-electron chi connectivity index (χ0n) is 12.2. The summed E-state index contributed by atoms with van der Waals surface area (Å²) in [5.74, 6) is -0.0685. The summed E-state index contributed by atoms with van der Waals surface area (Å²) in [6.45, 7) is 4.25. The Morgan fingerprint density at radius 2 is 1.95 bits per heavy atom. The lowest BCUT2D eigenvalue weighted by Gasteiger charge is -2.26. The van der Waals surface area contributed by atoms with E-state index in [2.05, 4.69) is 5.32 Å². The number of sulfonamides is 1. The van der Waals surface area contributed by atoms with Crippen LogP contribution in [-0.4, -0.2) is 43.5 Å². The molecule has 0 aromatic rings. The Balaban J connectivity index is 2.52. The minimum atomic E-state index is -3.22. The molecule has 6 heteroatoms. The van der Waals surface area contributed by atoms with Crippen LogP contribution in [0, 0.1) is 0 Å². The van der Waals surface area contributed by atoms with Crippen molar-refractivity contribution in [2.45, 2.75) is 64.5 Å². The van der Waals surface area contributed by atoms with E-state index in [4.69, 9.17) is 0 Å². The summed E-state index contributed by atoms with van der Waals surface area (Å²) >= 11 is 0. The van der Waals surface area contributed by atoms with Gasteiger partial charge in [-0.05, 0) is 26.2 Å².